The van der Waals surface area contributed by atoms with Gasteiger partial charge in [-0.1, -0.05) is 6.07 Å². The number of methoxy groups -OCH3 is 1. The molecule has 0 aliphatic carbocycles. The summed E-state index contributed by atoms with van der Waals surface area (Å²) < 4.78 is 12.1. The molecule has 1 saturated heterocycles. The number of nitrogens with zero attached hydrogens (tertiary/aromatic N) is 1. The first-order valence-electron chi connectivity index (χ1n) is 9.64. The second kappa shape index (κ2) is 9.35. The van der Waals surface area contributed by atoms with E-state index >= 15 is 0 Å². The lowest BCUT2D eigenvalue weighted by Gasteiger charge is -2.29. The Labute approximate surface area is 200 Å². The summed E-state index contributed by atoms with van der Waals surface area (Å²) in [4.78, 5) is 27.2. The lowest BCUT2D eigenvalue weighted by Crippen LogP contribution is -2.54. The van der Waals surface area contributed by atoms with E-state index in [0.717, 1.165) is 14.7 Å². The number of rotatable bonds is 5. The SMILES string of the molecule is COc1cc(/C=C2\C(=O)NC(=S)N(c3cc(C)cc(C)c3)C2=O)cc(I)c1OC(C)C. The maximum Gasteiger partial charge on any atom is 0.270 e. The van der Waals surface area contributed by atoms with Crippen LogP contribution in [0, 0.1) is 17.4 Å². The molecule has 1 heterocycles. The van der Waals surface area contributed by atoms with Crippen molar-refractivity contribution in [1.29, 1.82) is 0 Å². The Balaban J connectivity index is 2.05. The van der Waals surface area contributed by atoms with Crippen LogP contribution in [-0.2, 0) is 9.59 Å². The third kappa shape index (κ3) is 5.07. The topological polar surface area (TPSA) is 67.9 Å². The smallest absolute Gasteiger partial charge is 0.270 e. The zero-order valence-electron chi connectivity index (χ0n) is 17.9. The van der Waals surface area contributed by atoms with Gasteiger partial charge in [0.05, 0.1) is 22.5 Å². The molecule has 1 aliphatic heterocycles. The summed E-state index contributed by atoms with van der Waals surface area (Å²) in [7, 11) is 1.55. The lowest BCUT2D eigenvalue weighted by atomic mass is 10.1. The summed E-state index contributed by atoms with van der Waals surface area (Å²) in [5, 5.41) is 2.68. The van der Waals surface area contributed by atoms with Crippen LogP contribution in [0.4, 0.5) is 5.69 Å². The highest BCUT2D eigenvalue weighted by Gasteiger charge is 2.34. The highest BCUT2D eigenvalue weighted by atomic mass is 127. The summed E-state index contributed by atoms with van der Waals surface area (Å²) in [5.74, 6) is 0.137. The Bertz CT molecular complexity index is 1090. The van der Waals surface area contributed by atoms with Crippen molar-refractivity contribution < 1.29 is 19.1 Å². The Morgan fingerprint density at radius 2 is 1.74 bits per heavy atom. The van der Waals surface area contributed by atoms with E-state index in [4.69, 9.17) is 21.7 Å². The van der Waals surface area contributed by atoms with E-state index < -0.39 is 11.8 Å². The lowest BCUT2D eigenvalue weighted by molar-refractivity contribution is -0.122. The molecule has 8 heteroatoms. The normalized spacial score (nSPS) is 15.5. The maximum atomic E-state index is 13.3. The first-order chi connectivity index (χ1) is 14.6. The number of hydrogen-bond acceptors (Lipinski definition) is 5. The molecule has 1 aliphatic rings. The zero-order valence-corrected chi connectivity index (χ0v) is 20.9. The van der Waals surface area contributed by atoms with Gasteiger partial charge in [0.1, 0.15) is 5.57 Å². The average Bonchev–Trinajstić information content (AvgIpc) is 2.65. The fraction of sp³-hybridized carbons (Fsp3) is 0.261. The largest absolute Gasteiger partial charge is 0.493 e. The monoisotopic (exact) mass is 550 g/mol. The first kappa shape index (κ1) is 23.2. The first-order valence-corrected chi connectivity index (χ1v) is 11.1. The molecular weight excluding hydrogens is 527 g/mol. The molecule has 0 radical (unpaired) electrons. The van der Waals surface area contributed by atoms with Crippen molar-refractivity contribution in [2.75, 3.05) is 12.0 Å². The van der Waals surface area contributed by atoms with E-state index in [2.05, 4.69) is 27.9 Å². The molecule has 2 aromatic carbocycles. The Morgan fingerprint density at radius 1 is 1.10 bits per heavy atom. The third-order valence-corrected chi connectivity index (χ3v) is 5.57. The molecule has 0 atom stereocenters. The van der Waals surface area contributed by atoms with Crippen LogP contribution in [0.3, 0.4) is 0 Å². The van der Waals surface area contributed by atoms with Crippen LogP contribution < -0.4 is 19.7 Å². The molecule has 2 amide bonds. The number of aryl methyl sites for hydroxylation is 2. The summed E-state index contributed by atoms with van der Waals surface area (Å²) in [6.07, 6.45) is 1.52. The van der Waals surface area contributed by atoms with E-state index in [1.807, 2.05) is 52.0 Å². The second-order valence-electron chi connectivity index (χ2n) is 7.50. The molecule has 1 fully saturated rings. The summed E-state index contributed by atoms with van der Waals surface area (Å²) in [6.45, 7) is 7.75. The predicted molar refractivity (Wildman–Crippen MR) is 134 cm³/mol. The van der Waals surface area contributed by atoms with Gasteiger partial charge < -0.3 is 9.47 Å². The molecule has 0 aromatic heterocycles. The molecule has 0 spiro atoms. The molecule has 0 unspecified atom stereocenters. The average molecular weight is 550 g/mol. The summed E-state index contributed by atoms with van der Waals surface area (Å²) in [6, 6.07) is 9.29. The number of anilines is 1. The van der Waals surface area contributed by atoms with Gasteiger partial charge in [0, 0.05) is 0 Å². The molecule has 31 heavy (non-hydrogen) atoms. The predicted octanol–water partition coefficient (Wildman–Crippen LogP) is 4.54. The van der Waals surface area contributed by atoms with Crippen LogP contribution in [0.15, 0.2) is 35.9 Å². The van der Waals surface area contributed by atoms with Gasteiger partial charge in [0.2, 0.25) is 0 Å². The standard InChI is InChI=1S/C23H23IN2O4S/c1-12(2)30-20-18(24)10-15(11-19(20)29-5)9-17-21(27)25-23(31)26(22(17)28)16-7-13(3)6-14(4)8-16/h6-12H,1-5H3,(H,25,27,31)/b17-9+. The van der Waals surface area contributed by atoms with Crippen molar-refractivity contribution in [2.45, 2.75) is 33.8 Å². The van der Waals surface area contributed by atoms with Crippen molar-refractivity contribution >= 4 is 63.5 Å². The van der Waals surface area contributed by atoms with E-state index in [1.165, 1.54) is 4.90 Å². The van der Waals surface area contributed by atoms with Crippen molar-refractivity contribution in [3.63, 3.8) is 0 Å². The van der Waals surface area contributed by atoms with E-state index in [-0.39, 0.29) is 16.8 Å². The quantitative estimate of drug-likeness (QED) is 0.257. The highest BCUT2D eigenvalue weighted by Crippen LogP contribution is 2.35. The minimum atomic E-state index is -0.535. The molecule has 6 nitrogen and oxygen atoms in total. The Morgan fingerprint density at radius 3 is 2.32 bits per heavy atom. The van der Waals surface area contributed by atoms with Crippen LogP contribution in [0.5, 0.6) is 11.5 Å². The zero-order chi connectivity index (χ0) is 22.9. The second-order valence-corrected chi connectivity index (χ2v) is 9.05. The van der Waals surface area contributed by atoms with Gasteiger partial charge in [-0.05, 0) is 110 Å². The van der Waals surface area contributed by atoms with E-state index in [1.54, 1.807) is 19.3 Å². The minimum absolute atomic E-state index is 0.0110. The Hall–Kier alpha value is -2.46. The number of carbonyl (C=O) groups excluding carboxylic acids is 2. The van der Waals surface area contributed by atoms with Crippen LogP contribution >= 0.6 is 34.8 Å². The number of hydrogen-bond donors (Lipinski definition) is 1. The summed E-state index contributed by atoms with van der Waals surface area (Å²) in [5.41, 5.74) is 3.24. The maximum absolute atomic E-state index is 13.3. The van der Waals surface area contributed by atoms with Crippen molar-refractivity contribution in [3.8, 4) is 11.5 Å². The van der Waals surface area contributed by atoms with Gasteiger partial charge in [0.25, 0.3) is 11.8 Å². The molecule has 162 valence electrons. The number of carbonyl (C=O) groups is 2. The van der Waals surface area contributed by atoms with Gasteiger partial charge in [-0.25, -0.2) is 0 Å². The molecule has 3 rings (SSSR count). The number of ether oxygens (including phenoxy) is 2. The van der Waals surface area contributed by atoms with Crippen molar-refractivity contribution in [1.82, 2.24) is 5.32 Å². The molecule has 0 bridgehead atoms. The number of halogens is 1. The molecule has 0 saturated carbocycles. The number of amides is 2. The van der Waals surface area contributed by atoms with Crippen molar-refractivity contribution in [2.24, 2.45) is 0 Å². The van der Waals surface area contributed by atoms with Gasteiger partial charge in [-0.3, -0.25) is 19.8 Å². The fourth-order valence-electron chi connectivity index (χ4n) is 3.31. The van der Waals surface area contributed by atoms with Crippen LogP contribution in [0.1, 0.15) is 30.5 Å². The van der Waals surface area contributed by atoms with E-state index in [0.29, 0.717) is 22.7 Å². The van der Waals surface area contributed by atoms with Crippen LogP contribution in [0.2, 0.25) is 0 Å². The fourth-order valence-corrected chi connectivity index (χ4v) is 4.35. The number of benzene rings is 2. The van der Waals surface area contributed by atoms with Gasteiger partial charge >= 0.3 is 0 Å². The molecule has 1 N–H and O–H groups in total. The minimum Gasteiger partial charge on any atom is -0.493 e. The number of nitrogens with one attached hydrogen (secondary N) is 1. The Kier molecular flexibility index (Phi) is 7.00. The highest BCUT2D eigenvalue weighted by molar-refractivity contribution is 14.1. The molecule has 2 aromatic rings. The third-order valence-electron chi connectivity index (χ3n) is 4.48. The summed E-state index contributed by atoms with van der Waals surface area (Å²) >= 11 is 7.44. The van der Waals surface area contributed by atoms with Gasteiger partial charge in [-0.15, -0.1) is 0 Å². The van der Waals surface area contributed by atoms with Gasteiger partial charge in [-0.2, -0.15) is 0 Å². The van der Waals surface area contributed by atoms with E-state index in [9.17, 15) is 9.59 Å². The number of thiocarbonyl (C=S) groups is 1. The van der Waals surface area contributed by atoms with Crippen LogP contribution in [0.25, 0.3) is 6.08 Å². The molecular formula is C23H23IN2O4S. The van der Waals surface area contributed by atoms with Crippen LogP contribution in [-0.4, -0.2) is 30.1 Å². The van der Waals surface area contributed by atoms with Gasteiger partial charge in [0.15, 0.2) is 16.6 Å². The van der Waals surface area contributed by atoms with Crippen molar-refractivity contribution in [3.05, 3.63) is 56.2 Å².